The van der Waals surface area contributed by atoms with E-state index in [1.165, 1.54) is 25.9 Å². The molecule has 23 heavy (non-hydrogen) atoms. The summed E-state index contributed by atoms with van der Waals surface area (Å²) in [6.45, 7) is 2.75. The Morgan fingerprint density at radius 1 is 1.09 bits per heavy atom. The molecule has 2 N–H and O–H groups in total. The number of nitro groups is 2. The van der Waals surface area contributed by atoms with Crippen LogP contribution in [0.5, 0.6) is 5.75 Å². The van der Waals surface area contributed by atoms with Gasteiger partial charge in [-0.2, -0.15) is 0 Å². The van der Waals surface area contributed by atoms with Crippen molar-refractivity contribution < 1.29 is 24.7 Å². The van der Waals surface area contributed by atoms with E-state index in [2.05, 4.69) is 9.73 Å². The normalized spacial score (nSPS) is 13.4. The minimum atomic E-state index is -1.38. The highest BCUT2D eigenvalue weighted by atomic mass is 16.6. The summed E-state index contributed by atoms with van der Waals surface area (Å²) in [5, 5.41) is 34.7. The van der Waals surface area contributed by atoms with Crippen LogP contribution in [0.1, 0.15) is 12.8 Å². The largest absolute Gasteiger partial charge is 0.867 e. The third-order valence-corrected chi connectivity index (χ3v) is 3.28. The second kappa shape index (κ2) is 6.83. The first-order chi connectivity index (χ1) is 10.9. The highest BCUT2D eigenvalue weighted by Gasteiger charge is 2.19. The molecule has 0 aliphatic carbocycles. The average molecular weight is 323 g/mol. The van der Waals surface area contributed by atoms with Gasteiger partial charge in [-0.3, -0.25) is 20.2 Å². The number of hydrogen-bond acceptors (Lipinski definition) is 7. The van der Waals surface area contributed by atoms with Gasteiger partial charge in [0.1, 0.15) is 5.58 Å². The minimum Gasteiger partial charge on any atom is -0.867 e. The quantitative estimate of drug-likeness (QED) is 0.464. The number of nitrogens with two attached hydrogens (primary N) is 1. The fourth-order valence-corrected chi connectivity index (χ4v) is 2.15. The van der Waals surface area contributed by atoms with Gasteiger partial charge in [-0.15, -0.1) is 0 Å². The van der Waals surface area contributed by atoms with E-state index in [9.17, 15) is 30.1 Å². The van der Waals surface area contributed by atoms with Crippen LogP contribution in [0.2, 0.25) is 0 Å². The molecule has 0 amide bonds. The van der Waals surface area contributed by atoms with Crippen molar-refractivity contribution in [3.05, 3.63) is 48.8 Å². The number of fused-ring (bicyclic) bond motifs is 1. The summed E-state index contributed by atoms with van der Waals surface area (Å²) in [5.41, 5.74) is -3.31. The number of quaternary nitrogens is 1. The summed E-state index contributed by atoms with van der Waals surface area (Å²) >= 11 is 0. The van der Waals surface area contributed by atoms with Gasteiger partial charge in [0.25, 0.3) is 5.69 Å². The monoisotopic (exact) mass is 323 g/mol. The zero-order valence-corrected chi connectivity index (χ0v) is 11.9. The predicted molar refractivity (Wildman–Crippen MR) is 76.1 cm³/mol. The van der Waals surface area contributed by atoms with Crippen molar-refractivity contribution in [1.29, 1.82) is 0 Å². The van der Waals surface area contributed by atoms with Crippen LogP contribution in [0.25, 0.3) is 11.0 Å². The molecule has 1 fully saturated rings. The Hall–Kier alpha value is -3.01. The molecule has 10 nitrogen and oxygen atoms in total. The third kappa shape index (κ3) is 3.61. The zero-order chi connectivity index (χ0) is 17.0. The Kier molecular flexibility index (Phi) is 4.86. The lowest BCUT2D eigenvalue weighted by molar-refractivity contribution is -0.635. The molecule has 0 bridgehead atoms. The summed E-state index contributed by atoms with van der Waals surface area (Å²) in [7, 11) is 0. The van der Waals surface area contributed by atoms with Crippen molar-refractivity contribution >= 4 is 22.3 Å². The van der Waals surface area contributed by atoms with E-state index in [0.29, 0.717) is 0 Å². The minimum absolute atomic E-state index is 0.235. The van der Waals surface area contributed by atoms with Crippen LogP contribution in [0.3, 0.4) is 0 Å². The molecule has 10 heteroatoms. The van der Waals surface area contributed by atoms with Gasteiger partial charge in [0.2, 0.25) is 0 Å². The molecule has 2 aromatic rings. The average Bonchev–Trinajstić information content (AvgIpc) is 3.05. The molecule has 1 aliphatic rings. The molecule has 0 saturated carbocycles. The summed E-state index contributed by atoms with van der Waals surface area (Å²) in [5.74, 6) is -1.20. The van der Waals surface area contributed by atoms with Crippen molar-refractivity contribution in [3.63, 3.8) is 0 Å². The molecule has 1 aromatic heterocycles. The lowest BCUT2D eigenvalue weighted by atomic mass is 10.2. The SMILES string of the molecule is C1CC[NH2+]C1.O=c1oc2ccc([N+](=O)[O-])cc2c([O-])c1[N+](=O)[O-]. The molecular weight excluding hydrogens is 310 g/mol. The van der Waals surface area contributed by atoms with Crippen molar-refractivity contribution in [2.75, 3.05) is 13.1 Å². The van der Waals surface area contributed by atoms with Crippen LogP contribution in [-0.4, -0.2) is 22.9 Å². The number of nitro benzene ring substituents is 1. The molecule has 2 heterocycles. The van der Waals surface area contributed by atoms with E-state index in [4.69, 9.17) is 0 Å². The van der Waals surface area contributed by atoms with Crippen LogP contribution in [0.15, 0.2) is 27.4 Å². The number of benzene rings is 1. The van der Waals surface area contributed by atoms with E-state index >= 15 is 0 Å². The molecule has 1 saturated heterocycles. The first-order valence-electron chi connectivity index (χ1n) is 6.80. The van der Waals surface area contributed by atoms with Gasteiger partial charge in [-0.25, -0.2) is 4.79 Å². The molecule has 0 spiro atoms. The smallest absolute Gasteiger partial charge is 0.414 e. The van der Waals surface area contributed by atoms with Crippen molar-refractivity contribution in [2.24, 2.45) is 0 Å². The fraction of sp³-hybridized carbons (Fsp3) is 0.308. The second-order valence-corrected chi connectivity index (χ2v) is 4.84. The molecule has 0 atom stereocenters. The van der Waals surface area contributed by atoms with Crippen LogP contribution in [0.4, 0.5) is 11.4 Å². The Bertz CT molecular complexity index is 803. The van der Waals surface area contributed by atoms with E-state index in [1.54, 1.807) is 0 Å². The fourth-order valence-electron chi connectivity index (χ4n) is 2.15. The standard InChI is InChI=1S/C9H4N2O7.C4H9N/c12-8-5-3-4(10(14)15)1-2-6(5)18-9(13)7(8)11(16)17;1-2-4-5-3-1/h1-3,12H;5H,1-4H2. The van der Waals surface area contributed by atoms with Gasteiger partial charge in [0.15, 0.2) is 0 Å². The maximum atomic E-state index is 11.6. The summed E-state index contributed by atoms with van der Waals surface area (Å²) in [4.78, 5) is 30.3. The first kappa shape index (κ1) is 16.4. The number of non-ortho nitro benzene ring substituents is 1. The first-order valence-corrected chi connectivity index (χ1v) is 6.80. The second-order valence-electron chi connectivity index (χ2n) is 4.84. The Balaban J connectivity index is 0.000000326. The number of rotatable bonds is 2. The number of nitrogens with zero attached hydrogens (tertiary/aromatic N) is 2. The van der Waals surface area contributed by atoms with E-state index < -0.39 is 32.6 Å². The number of hydrogen-bond donors (Lipinski definition) is 1. The molecule has 122 valence electrons. The van der Waals surface area contributed by atoms with Crippen molar-refractivity contribution in [1.82, 2.24) is 0 Å². The Labute approximate surface area is 128 Å². The van der Waals surface area contributed by atoms with Crippen molar-refractivity contribution in [3.8, 4) is 5.75 Å². The van der Waals surface area contributed by atoms with Gasteiger partial charge in [0.05, 0.1) is 22.9 Å². The summed E-state index contributed by atoms with van der Waals surface area (Å²) < 4.78 is 4.55. The van der Waals surface area contributed by atoms with Crippen LogP contribution in [-0.2, 0) is 0 Å². The van der Waals surface area contributed by atoms with Crippen LogP contribution in [0, 0.1) is 20.2 Å². The Morgan fingerprint density at radius 2 is 1.74 bits per heavy atom. The van der Waals surface area contributed by atoms with Gasteiger partial charge >= 0.3 is 11.3 Å². The maximum absolute atomic E-state index is 11.6. The van der Waals surface area contributed by atoms with Gasteiger partial charge < -0.3 is 14.8 Å². The van der Waals surface area contributed by atoms with Crippen LogP contribution < -0.4 is 16.0 Å². The van der Waals surface area contributed by atoms with E-state index in [1.807, 2.05) is 0 Å². The molecule has 0 radical (unpaired) electrons. The molecule has 3 rings (SSSR count). The van der Waals surface area contributed by atoms with E-state index in [-0.39, 0.29) is 11.0 Å². The summed E-state index contributed by atoms with van der Waals surface area (Å²) in [6.07, 6.45) is 2.89. The summed E-state index contributed by atoms with van der Waals surface area (Å²) in [6, 6.07) is 2.89. The maximum Gasteiger partial charge on any atom is 0.414 e. The topological polar surface area (TPSA) is 156 Å². The highest BCUT2D eigenvalue weighted by Crippen LogP contribution is 2.30. The van der Waals surface area contributed by atoms with Gasteiger partial charge in [0, 0.05) is 30.4 Å². The molecule has 0 unspecified atom stereocenters. The predicted octanol–water partition coefficient (Wildman–Crippen LogP) is 0.0266. The highest BCUT2D eigenvalue weighted by molar-refractivity contribution is 5.87. The van der Waals surface area contributed by atoms with Crippen molar-refractivity contribution in [2.45, 2.75) is 12.8 Å². The molecule has 1 aliphatic heterocycles. The molecule has 1 aromatic carbocycles. The van der Waals surface area contributed by atoms with Crippen LogP contribution >= 0.6 is 0 Å². The van der Waals surface area contributed by atoms with Gasteiger partial charge in [-0.1, -0.05) is 0 Å². The lowest BCUT2D eigenvalue weighted by Gasteiger charge is -2.08. The zero-order valence-electron chi connectivity index (χ0n) is 11.9. The lowest BCUT2D eigenvalue weighted by Crippen LogP contribution is -2.80. The van der Waals surface area contributed by atoms with E-state index in [0.717, 1.165) is 18.2 Å². The third-order valence-electron chi connectivity index (χ3n) is 3.28. The Morgan fingerprint density at radius 3 is 2.22 bits per heavy atom. The molecular formula is C13H13N3O7. The van der Waals surface area contributed by atoms with Gasteiger partial charge in [-0.05, 0) is 11.8 Å².